The fraction of sp³-hybridized carbons (Fsp3) is 0.364. The number of halogens is 1. The van der Waals surface area contributed by atoms with Crippen molar-refractivity contribution in [2.45, 2.75) is 20.8 Å². The van der Waals surface area contributed by atoms with Crippen molar-refractivity contribution in [3.8, 4) is 5.75 Å². The van der Waals surface area contributed by atoms with Gasteiger partial charge in [0.1, 0.15) is 5.75 Å². The summed E-state index contributed by atoms with van der Waals surface area (Å²) < 4.78 is 6.82. The standard InChI is InChI=1S/C22H27N3O2S.ClH/c1-15-6-9-18(10-7-15)27-14-20(26)25(13-12-24(4)5)22-23-21-17(3)16(2)8-11-19(21)28-22;/h6-11H,12-14H2,1-5H3;1H. The number of rotatable bonds is 7. The van der Waals surface area contributed by atoms with Crippen LogP contribution in [0.1, 0.15) is 16.7 Å². The lowest BCUT2D eigenvalue weighted by molar-refractivity contribution is -0.120. The first-order valence-electron chi connectivity index (χ1n) is 9.36. The van der Waals surface area contributed by atoms with Gasteiger partial charge in [0, 0.05) is 13.1 Å². The van der Waals surface area contributed by atoms with Gasteiger partial charge in [0.15, 0.2) is 11.7 Å². The van der Waals surface area contributed by atoms with Crippen molar-refractivity contribution < 1.29 is 9.53 Å². The molecule has 0 bridgehead atoms. The molecule has 156 valence electrons. The summed E-state index contributed by atoms with van der Waals surface area (Å²) in [6.07, 6.45) is 0. The maximum Gasteiger partial charge on any atom is 0.266 e. The quantitative estimate of drug-likeness (QED) is 0.545. The molecule has 1 aromatic heterocycles. The van der Waals surface area contributed by atoms with E-state index < -0.39 is 0 Å². The average molecular weight is 434 g/mol. The second-order valence-electron chi connectivity index (χ2n) is 7.30. The Morgan fingerprint density at radius 1 is 1.03 bits per heavy atom. The van der Waals surface area contributed by atoms with E-state index in [4.69, 9.17) is 9.72 Å². The summed E-state index contributed by atoms with van der Waals surface area (Å²) in [7, 11) is 3.99. The maximum absolute atomic E-state index is 13.0. The van der Waals surface area contributed by atoms with Gasteiger partial charge in [-0.2, -0.15) is 0 Å². The first-order valence-corrected chi connectivity index (χ1v) is 10.2. The molecule has 0 N–H and O–H groups in total. The lowest BCUT2D eigenvalue weighted by atomic mass is 10.1. The SMILES string of the molecule is Cc1ccc(OCC(=O)N(CCN(C)C)c2nc3c(C)c(C)ccc3s2)cc1.Cl. The number of anilines is 1. The van der Waals surface area contributed by atoms with Gasteiger partial charge in [0.2, 0.25) is 0 Å². The molecule has 1 heterocycles. The van der Waals surface area contributed by atoms with E-state index in [-0.39, 0.29) is 24.9 Å². The van der Waals surface area contributed by atoms with E-state index >= 15 is 0 Å². The summed E-state index contributed by atoms with van der Waals surface area (Å²) in [5, 5.41) is 0.725. The minimum absolute atomic E-state index is 0. The highest BCUT2D eigenvalue weighted by atomic mass is 35.5. The Morgan fingerprint density at radius 2 is 1.72 bits per heavy atom. The van der Waals surface area contributed by atoms with Crippen molar-refractivity contribution in [2.75, 3.05) is 38.7 Å². The van der Waals surface area contributed by atoms with E-state index in [1.165, 1.54) is 5.56 Å². The van der Waals surface area contributed by atoms with Gasteiger partial charge in [-0.1, -0.05) is 35.1 Å². The van der Waals surface area contributed by atoms with Crippen LogP contribution >= 0.6 is 23.7 Å². The molecule has 0 fully saturated rings. The van der Waals surface area contributed by atoms with Crippen molar-refractivity contribution in [1.82, 2.24) is 9.88 Å². The molecule has 0 unspecified atom stereocenters. The van der Waals surface area contributed by atoms with Crippen LogP contribution in [-0.4, -0.2) is 49.6 Å². The lowest BCUT2D eigenvalue weighted by Gasteiger charge is -2.22. The number of benzene rings is 2. The van der Waals surface area contributed by atoms with Gasteiger partial charge in [-0.15, -0.1) is 12.4 Å². The minimum atomic E-state index is -0.0872. The summed E-state index contributed by atoms with van der Waals surface area (Å²) >= 11 is 1.55. The average Bonchev–Trinajstić information content (AvgIpc) is 3.09. The molecule has 0 radical (unpaired) electrons. The normalized spacial score (nSPS) is 10.8. The smallest absolute Gasteiger partial charge is 0.266 e. The zero-order valence-electron chi connectivity index (χ0n) is 17.6. The largest absolute Gasteiger partial charge is 0.484 e. The van der Waals surface area contributed by atoms with Gasteiger partial charge in [-0.3, -0.25) is 9.69 Å². The van der Waals surface area contributed by atoms with Crippen LogP contribution in [0, 0.1) is 20.8 Å². The van der Waals surface area contributed by atoms with Gasteiger partial charge in [-0.25, -0.2) is 4.98 Å². The van der Waals surface area contributed by atoms with E-state index in [2.05, 4.69) is 30.9 Å². The molecule has 0 aliphatic rings. The molecule has 3 rings (SSSR count). The van der Waals surface area contributed by atoms with E-state index in [0.717, 1.165) is 33.0 Å². The number of hydrogen-bond donors (Lipinski definition) is 0. The summed E-state index contributed by atoms with van der Waals surface area (Å²) in [4.78, 5) is 21.6. The Bertz CT molecular complexity index is 970. The molecule has 3 aromatic rings. The van der Waals surface area contributed by atoms with Crippen LogP contribution in [0.15, 0.2) is 36.4 Å². The molecule has 1 amide bonds. The van der Waals surface area contributed by atoms with Crippen LogP contribution in [0.4, 0.5) is 5.13 Å². The zero-order valence-corrected chi connectivity index (χ0v) is 19.2. The molecule has 0 aliphatic heterocycles. The topological polar surface area (TPSA) is 45.7 Å². The summed E-state index contributed by atoms with van der Waals surface area (Å²) in [5.41, 5.74) is 4.50. The van der Waals surface area contributed by atoms with Crippen LogP contribution in [-0.2, 0) is 4.79 Å². The number of carbonyl (C=O) groups is 1. The van der Waals surface area contributed by atoms with Crippen molar-refractivity contribution in [2.24, 2.45) is 0 Å². The van der Waals surface area contributed by atoms with Crippen LogP contribution in [0.25, 0.3) is 10.2 Å². The van der Waals surface area contributed by atoms with Crippen molar-refractivity contribution in [3.05, 3.63) is 53.1 Å². The third-order valence-corrected chi connectivity index (χ3v) is 5.80. The minimum Gasteiger partial charge on any atom is -0.484 e. The van der Waals surface area contributed by atoms with Crippen LogP contribution < -0.4 is 9.64 Å². The molecule has 0 saturated heterocycles. The molecule has 0 spiro atoms. The number of fused-ring (bicyclic) bond motifs is 1. The van der Waals surface area contributed by atoms with Crippen molar-refractivity contribution in [3.63, 3.8) is 0 Å². The number of nitrogens with zero attached hydrogens (tertiary/aromatic N) is 3. The van der Waals surface area contributed by atoms with Crippen molar-refractivity contribution >= 4 is 45.0 Å². The number of hydrogen-bond acceptors (Lipinski definition) is 5. The second-order valence-corrected chi connectivity index (χ2v) is 8.31. The number of carbonyl (C=O) groups excluding carboxylic acids is 1. The fourth-order valence-corrected chi connectivity index (χ4v) is 3.88. The number of aromatic nitrogens is 1. The van der Waals surface area contributed by atoms with E-state index in [0.29, 0.717) is 12.3 Å². The third kappa shape index (κ3) is 5.69. The maximum atomic E-state index is 13.0. The Balaban J connectivity index is 0.00000300. The molecular weight excluding hydrogens is 406 g/mol. The number of thiazole rings is 1. The van der Waals surface area contributed by atoms with Crippen LogP contribution in [0.2, 0.25) is 0 Å². The van der Waals surface area contributed by atoms with Gasteiger partial charge < -0.3 is 9.64 Å². The van der Waals surface area contributed by atoms with Crippen molar-refractivity contribution in [1.29, 1.82) is 0 Å². The van der Waals surface area contributed by atoms with Gasteiger partial charge in [-0.05, 0) is 64.2 Å². The number of likely N-dealkylation sites (N-methyl/N-ethyl adjacent to an activating group) is 1. The summed E-state index contributed by atoms with van der Waals surface area (Å²) in [6, 6.07) is 11.9. The molecule has 2 aromatic carbocycles. The Hall–Kier alpha value is -2.15. The first kappa shape index (κ1) is 23.1. The van der Waals surface area contributed by atoms with Crippen LogP contribution in [0.5, 0.6) is 5.75 Å². The number of ether oxygens (including phenoxy) is 1. The molecule has 0 saturated carbocycles. The molecule has 5 nitrogen and oxygen atoms in total. The molecular formula is C22H28ClN3O2S. The highest BCUT2D eigenvalue weighted by Gasteiger charge is 2.21. The number of aryl methyl sites for hydroxylation is 3. The fourth-order valence-electron chi connectivity index (χ4n) is 2.81. The first-order chi connectivity index (χ1) is 13.3. The zero-order chi connectivity index (χ0) is 20.3. The Kier molecular flexibility index (Phi) is 8.02. The summed E-state index contributed by atoms with van der Waals surface area (Å²) in [6.45, 7) is 7.50. The Labute approximate surface area is 182 Å². The third-order valence-electron chi connectivity index (χ3n) is 4.76. The second kappa shape index (κ2) is 10.1. The predicted octanol–water partition coefficient (Wildman–Crippen LogP) is 4.62. The number of amides is 1. The molecule has 0 aliphatic carbocycles. The van der Waals surface area contributed by atoms with E-state index in [1.54, 1.807) is 16.2 Å². The molecule has 7 heteroatoms. The monoisotopic (exact) mass is 433 g/mol. The predicted molar refractivity (Wildman–Crippen MR) is 124 cm³/mol. The summed E-state index contributed by atoms with van der Waals surface area (Å²) in [5.74, 6) is 0.609. The van der Waals surface area contributed by atoms with E-state index in [1.807, 2.05) is 45.3 Å². The van der Waals surface area contributed by atoms with Gasteiger partial charge >= 0.3 is 0 Å². The molecule has 29 heavy (non-hydrogen) atoms. The molecule has 0 atom stereocenters. The lowest BCUT2D eigenvalue weighted by Crippen LogP contribution is -2.39. The van der Waals surface area contributed by atoms with Crippen LogP contribution in [0.3, 0.4) is 0 Å². The van der Waals surface area contributed by atoms with Gasteiger partial charge in [0.05, 0.1) is 10.2 Å². The Morgan fingerprint density at radius 3 is 2.38 bits per heavy atom. The highest BCUT2D eigenvalue weighted by molar-refractivity contribution is 7.22. The highest BCUT2D eigenvalue weighted by Crippen LogP contribution is 2.32. The van der Waals surface area contributed by atoms with E-state index in [9.17, 15) is 4.79 Å². The van der Waals surface area contributed by atoms with Gasteiger partial charge in [0.25, 0.3) is 5.91 Å².